The van der Waals surface area contributed by atoms with E-state index < -0.39 is 0 Å². The van der Waals surface area contributed by atoms with Crippen LogP contribution in [0.1, 0.15) is 10.5 Å². The van der Waals surface area contributed by atoms with Gasteiger partial charge in [-0.2, -0.15) is 0 Å². The predicted octanol–water partition coefficient (Wildman–Crippen LogP) is 4.20. The SMILES string of the molecule is CN(C(=O)c1cn2c(-c3ccc4[nH]ccc4c3)cnc2cn1)c1ccc(Cl)nc1. The number of fused-ring (bicyclic) bond motifs is 2. The first-order valence-corrected chi connectivity index (χ1v) is 9.28. The first kappa shape index (κ1) is 17.4. The smallest absolute Gasteiger partial charge is 0.278 e. The first-order valence-electron chi connectivity index (χ1n) is 8.90. The third kappa shape index (κ3) is 3.01. The zero-order valence-electron chi connectivity index (χ0n) is 15.4. The van der Waals surface area contributed by atoms with E-state index in [-0.39, 0.29) is 5.91 Å². The van der Waals surface area contributed by atoms with E-state index in [1.165, 1.54) is 4.90 Å². The number of hydrogen-bond acceptors (Lipinski definition) is 4. The summed E-state index contributed by atoms with van der Waals surface area (Å²) in [5.41, 5.74) is 4.56. The van der Waals surface area contributed by atoms with Gasteiger partial charge in [0.15, 0.2) is 5.65 Å². The molecule has 0 radical (unpaired) electrons. The van der Waals surface area contributed by atoms with Crippen molar-refractivity contribution in [3.63, 3.8) is 0 Å². The van der Waals surface area contributed by atoms with E-state index in [0.717, 1.165) is 22.2 Å². The molecule has 0 fully saturated rings. The van der Waals surface area contributed by atoms with Gasteiger partial charge < -0.3 is 9.88 Å². The van der Waals surface area contributed by atoms with Crippen LogP contribution in [-0.4, -0.2) is 37.3 Å². The third-order valence-electron chi connectivity index (χ3n) is 4.87. The van der Waals surface area contributed by atoms with Crippen molar-refractivity contribution in [3.8, 4) is 11.3 Å². The molecule has 0 saturated carbocycles. The zero-order valence-corrected chi connectivity index (χ0v) is 16.1. The summed E-state index contributed by atoms with van der Waals surface area (Å²) in [7, 11) is 1.67. The van der Waals surface area contributed by atoms with Gasteiger partial charge in [-0.3, -0.25) is 9.20 Å². The fourth-order valence-electron chi connectivity index (χ4n) is 3.28. The van der Waals surface area contributed by atoms with Crippen LogP contribution in [0.2, 0.25) is 5.15 Å². The molecule has 7 nitrogen and oxygen atoms in total. The summed E-state index contributed by atoms with van der Waals surface area (Å²) in [6.07, 6.45) is 8.55. The van der Waals surface area contributed by atoms with Gasteiger partial charge in [0.2, 0.25) is 0 Å². The maximum atomic E-state index is 12.9. The maximum absolute atomic E-state index is 12.9. The summed E-state index contributed by atoms with van der Waals surface area (Å²) in [5.74, 6) is -0.253. The van der Waals surface area contributed by atoms with E-state index in [0.29, 0.717) is 22.2 Å². The molecule has 0 atom stereocenters. The Morgan fingerprint density at radius 3 is 2.79 bits per heavy atom. The van der Waals surface area contributed by atoms with E-state index in [9.17, 15) is 4.79 Å². The van der Waals surface area contributed by atoms with E-state index in [2.05, 4.69) is 26.0 Å². The molecule has 1 aromatic carbocycles. The molecular formula is C21H15ClN6O. The highest BCUT2D eigenvalue weighted by Crippen LogP contribution is 2.25. The van der Waals surface area contributed by atoms with Gasteiger partial charge in [-0.25, -0.2) is 15.0 Å². The number of hydrogen-bond donors (Lipinski definition) is 1. The highest BCUT2D eigenvalue weighted by Gasteiger charge is 2.17. The minimum Gasteiger partial charge on any atom is -0.361 e. The molecule has 0 aliphatic carbocycles. The zero-order chi connectivity index (χ0) is 20.0. The van der Waals surface area contributed by atoms with Gasteiger partial charge in [0.25, 0.3) is 5.91 Å². The van der Waals surface area contributed by atoms with Crippen molar-refractivity contribution in [1.82, 2.24) is 24.3 Å². The number of halogens is 1. The number of rotatable bonds is 3. The second kappa shape index (κ2) is 6.72. The van der Waals surface area contributed by atoms with Crippen LogP contribution in [0.5, 0.6) is 0 Å². The molecule has 0 unspecified atom stereocenters. The van der Waals surface area contributed by atoms with Gasteiger partial charge in [0, 0.05) is 35.9 Å². The molecule has 4 aromatic heterocycles. The number of aromatic amines is 1. The molecular weight excluding hydrogens is 388 g/mol. The van der Waals surface area contributed by atoms with E-state index in [1.54, 1.807) is 44.0 Å². The highest BCUT2D eigenvalue weighted by atomic mass is 35.5. The lowest BCUT2D eigenvalue weighted by Gasteiger charge is -2.16. The Kier molecular flexibility index (Phi) is 4.03. The quantitative estimate of drug-likeness (QED) is 0.458. The largest absolute Gasteiger partial charge is 0.361 e. The molecule has 142 valence electrons. The van der Waals surface area contributed by atoms with E-state index in [4.69, 9.17) is 11.6 Å². The number of H-pyrrole nitrogens is 1. The molecule has 4 heterocycles. The molecule has 8 heteroatoms. The Balaban J connectivity index is 1.55. The topological polar surface area (TPSA) is 79.2 Å². The van der Waals surface area contributed by atoms with Crippen LogP contribution in [0.25, 0.3) is 27.8 Å². The van der Waals surface area contributed by atoms with Crippen molar-refractivity contribution in [2.75, 3.05) is 11.9 Å². The van der Waals surface area contributed by atoms with Crippen molar-refractivity contribution >= 4 is 39.7 Å². The standard InChI is InChI=1S/C21H15ClN6O/c1-27(15-3-5-19(22)25-9-15)21(29)17-12-28-18(10-26-20(28)11-24-17)14-2-4-16-13(8-14)6-7-23-16/h2-12,23H,1H3. The predicted molar refractivity (Wildman–Crippen MR) is 112 cm³/mol. The molecule has 5 rings (SSSR count). The highest BCUT2D eigenvalue weighted by molar-refractivity contribution is 6.29. The number of benzene rings is 1. The van der Waals surface area contributed by atoms with Gasteiger partial charge in [0.05, 0.1) is 30.0 Å². The second-order valence-electron chi connectivity index (χ2n) is 6.63. The lowest BCUT2D eigenvalue weighted by molar-refractivity contribution is 0.0987. The van der Waals surface area contributed by atoms with Crippen LogP contribution >= 0.6 is 11.6 Å². The van der Waals surface area contributed by atoms with Crippen molar-refractivity contribution < 1.29 is 4.79 Å². The lowest BCUT2D eigenvalue weighted by atomic mass is 10.1. The van der Waals surface area contributed by atoms with Gasteiger partial charge in [-0.1, -0.05) is 17.7 Å². The second-order valence-corrected chi connectivity index (χ2v) is 7.01. The van der Waals surface area contributed by atoms with Crippen LogP contribution in [0, 0.1) is 0 Å². The molecule has 0 aliphatic rings. The molecule has 5 aromatic rings. The molecule has 0 spiro atoms. The Hall–Kier alpha value is -3.71. The Morgan fingerprint density at radius 1 is 1.07 bits per heavy atom. The van der Waals surface area contributed by atoms with Crippen LogP contribution in [0.3, 0.4) is 0 Å². The maximum Gasteiger partial charge on any atom is 0.278 e. The summed E-state index contributed by atoms with van der Waals surface area (Å²) in [5, 5.41) is 1.48. The summed E-state index contributed by atoms with van der Waals surface area (Å²) in [6.45, 7) is 0. The summed E-state index contributed by atoms with van der Waals surface area (Å²) >= 11 is 5.83. The van der Waals surface area contributed by atoms with Gasteiger partial charge in [0.1, 0.15) is 10.8 Å². The number of nitrogens with zero attached hydrogens (tertiary/aromatic N) is 5. The first-order chi connectivity index (χ1) is 14.1. The number of imidazole rings is 1. The number of carbonyl (C=O) groups excluding carboxylic acids is 1. The normalized spacial score (nSPS) is 11.2. The van der Waals surface area contributed by atoms with E-state index >= 15 is 0 Å². The number of aromatic nitrogens is 5. The summed E-state index contributed by atoms with van der Waals surface area (Å²) in [6, 6.07) is 11.5. The van der Waals surface area contributed by atoms with Gasteiger partial charge in [-0.15, -0.1) is 0 Å². The molecule has 1 N–H and O–H groups in total. The molecule has 1 amide bonds. The third-order valence-corrected chi connectivity index (χ3v) is 5.09. The fraction of sp³-hybridized carbons (Fsp3) is 0.0476. The monoisotopic (exact) mass is 402 g/mol. The van der Waals surface area contributed by atoms with Gasteiger partial charge in [-0.05, 0) is 30.3 Å². The molecule has 0 bridgehead atoms. The molecule has 0 saturated heterocycles. The van der Waals surface area contributed by atoms with Crippen molar-refractivity contribution in [2.45, 2.75) is 0 Å². The Bertz CT molecular complexity index is 1350. The number of pyridine rings is 1. The number of anilines is 1. The molecule has 0 aliphatic heterocycles. The van der Waals surface area contributed by atoms with Crippen molar-refractivity contribution in [2.24, 2.45) is 0 Å². The van der Waals surface area contributed by atoms with E-state index in [1.807, 2.05) is 28.8 Å². The number of amides is 1. The average molecular weight is 403 g/mol. The minimum absolute atomic E-state index is 0.253. The Labute approximate surface area is 170 Å². The minimum atomic E-state index is -0.253. The molecule has 29 heavy (non-hydrogen) atoms. The summed E-state index contributed by atoms with van der Waals surface area (Å²) in [4.78, 5) is 30.4. The van der Waals surface area contributed by atoms with Crippen molar-refractivity contribution in [1.29, 1.82) is 0 Å². The average Bonchev–Trinajstić information content (AvgIpc) is 3.39. The Morgan fingerprint density at radius 2 is 1.97 bits per heavy atom. The fourth-order valence-corrected chi connectivity index (χ4v) is 3.39. The number of carbonyl (C=O) groups is 1. The summed E-state index contributed by atoms with van der Waals surface area (Å²) < 4.78 is 1.88. The van der Waals surface area contributed by atoms with Crippen LogP contribution in [0.4, 0.5) is 5.69 Å². The van der Waals surface area contributed by atoms with Crippen molar-refractivity contribution in [3.05, 3.63) is 78.2 Å². The number of nitrogens with one attached hydrogen (secondary N) is 1. The van der Waals surface area contributed by atoms with Crippen LogP contribution in [0.15, 0.2) is 67.4 Å². The van der Waals surface area contributed by atoms with Crippen LogP contribution < -0.4 is 4.90 Å². The lowest BCUT2D eigenvalue weighted by Crippen LogP contribution is -2.27. The van der Waals surface area contributed by atoms with Gasteiger partial charge >= 0.3 is 0 Å². The van der Waals surface area contributed by atoms with Crippen LogP contribution in [-0.2, 0) is 0 Å².